The molecule has 0 aliphatic heterocycles. The summed E-state index contributed by atoms with van der Waals surface area (Å²) in [5.41, 5.74) is 3.58. The summed E-state index contributed by atoms with van der Waals surface area (Å²) in [6.45, 7) is 2.01. The largest absolute Gasteiger partial charge is 0.320 e. The van der Waals surface area contributed by atoms with Gasteiger partial charge in [-0.3, -0.25) is 4.90 Å². The van der Waals surface area contributed by atoms with Gasteiger partial charge in [-0.05, 0) is 43.8 Å². The molecule has 26 heavy (non-hydrogen) atoms. The van der Waals surface area contributed by atoms with E-state index in [0.717, 1.165) is 19.5 Å². The van der Waals surface area contributed by atoms with E-state index >= 15 is 0 Å². The second-order valence-electron chi connectivity index (χ2n) is 6.69. The van der Waals surface area contributed by atoms with Gasteiger partial charge in [-0.1, -0.05) is 91.0 Å². The molecule has 0 unspecified atom stereocenters. The van der Waals surface area contributed by atoms with Gasteiger partial charge in [-0.15, -0.1) is 0 Å². The summed E-state index contributed by atoms with van der Waals surface area (Å²) in [6.07, 6.45) is 1.10. The number of hydrogen-bond acceptors (Lipinski definition) is 2. The van der Waals surface area contributed by atoms with Crippen LogP contribution >= 0.6 is 0 Å². The molecule has 0 fully saturated rings. The van der Waals surface area contributed by atoms with Gasteiger partial charge in [-0.25, -0.2) is 0 Å². The van der Waals surface area contributed by atoms with Crippen LogP contribution in [0, 0.1) is 0 Å². The number of hydrogen-bond donors (Lipinski definition) is 1. The quantitative estimate of drug-likeness (QED) is 0.477. The fraction of sp³-hybridized carbons (Fsp3) is 0.250. The van der Waals surface area contributed by atoms with Crippen molar-refractivity contribution in [2.45, 2.75) is 12.0 Å². The Balaban J connectivity index is 2.21. The molecule has 1 N–H and O–H groups in total. The zero-order chi connectivity index (χ0) is 18.2. The highest BCUT2D eigenvalue weighted by Crippen LogP contribution is 2.41. The Kier molecular flexibility index (Phi) is 6.21. The third kappa shape index (κ3) is 3.57. The SMILES string of the molecule is CNCCCN(C)C(c1ccccc1)(c1ccccc1)c1ccccc1. The van der Waals surface area contributed by atoms with E-state index in [9.17, 15) is 0 Å². The Morgan fingerprint density at radius 3 is 1.42 bits per heavy atom. The van der Waals surface area contributed by atoms with Gasteiger partial charge in [0.1, 0.15) is 0 Å². The van der Waals surface area contributed by atoms with Crippen LogP contribution in [-0.2, 0) is 5.54 Å². The van der Waals surface area contributed by atoms with E-state index in [0.29, 0.717) is 0 Å². The molecule has 0 saturated heterocycles. The summed E-state index contributed by atoms with van der Waals surface area (Å²) in [7, 11) is 4.25. The third-order valence-electron chi connectivity index (χ3n) is 5.07. The zero-order valence-electron chi connectivity index (χ0n) is 15.7. The van der Waals surface area contributed by atoms with Crippen LogP contribution in [0.2, 0.25) is 0 Å². The van der Waals surface area contributed by atoms with Crippen molar-refractivity contribution in [1.29, 1.82) is 0 Å². The van der Waals surface area contributed by atoms with E-state index in [2.05, 4.69) is 108 Å². The fourth-order valence-corrected chi connectivity index (χ4v) is 3.86. The minimum atomic E-state index is -0.308. The van der Waals surface area contributed by atoms with Crippen LogP contribution in [0.3, 0.4) is 0 Å². The van der Waals surface area contributed by atoms with Gasteiger partial charge >= 0.3 is 0 Å². The van der Waals surface area contributed by atoms with Gasteiger partial charge in [0.05, 0.1) is 5.54 Å². The van der Waals surface area contributed by atoms with Crippen molar-refractivity contribution in [2.24, 2.45) is 0 Å². The molecule has 0 aliphatic carbocycles. The zero-order valence-corrected chi connectivity index (χ0v) is 15.7. The van der Waals surface area contributed by atoms with Crippen molar-refractivity contribution in [1.82, 2.24) is 10.2 Å². The lowest BCUT2D eigenvalue weighted by Gasteiger charge is -2.44. The van der Waals surface area contributed by atoms with Gasteiger partial charge < -0.3 is 5.32 Å². The molecular weight excluding hydrogens is 316 g/mol. The summed E-state index contributed by atoms with van der Waals surface area (Å²) < 4.78 is 0. The van der Waals surface area contributed by atoms with E-state index in [4.69, 9.17) is 0 Å². The Hall–Kier alpha value is -2.42. The number of nitrogens with one attached hydrogen (secondary N) is 1. The summed E-state index contributed by atoms with van der Waals surface area (Å²) in [6, 6.07) is 32.6. The highest BCUT2D eigenvalue weighted by molar-refractivity contribution is 5.49. The second kappa shape index (κ2) is 8.79. The second-order valence-corrected chi connectivity index (χ2v) is 6.69. The predicted molar refractivity (Wildman–Crippen MR) is 110 cm³/mol. The maximum atomic E-state index is 3.27. The standard InChI is InChI=1S/C24H28N2/c1-25-19-12-20-26(2)24(21-13-6-3-7-14-21,22-15-8-4-9-16-22)23-17-10-5-11-18-23/h3-11,13-18,25H,12,19-20H2,1-2H3. The smallest absolute Gasteiger partial charge is 0.0970 e. The first-order valence-corrected chi connectivity index (χ1v) is 9.32. The molecule has 0 amide bonds. The maximum Gasteiger partial charge on any atom is 0.0970 e. The molecule has 0 radical (unpaired) electrons. The van der Waals surface area contributed by atoms with Crippen LogP contribution in [0.15, 0.2) is 91.0 Å². The molecule has 2 nitrogen and oxygen atoms in total. The maximum absolute atomic E-state index is 3.27. The van der Waals surface area contributed by atoms with Gasteiger partial charge in [0.2, 0.25) is 0 Å². The van der Waals surface area contributed by atoms with Crippen LogP contribution in [0.1, 0.15) is 23.1 Å². The van der Waals surface area contributed by atoms with Crippen molar-refractivity contribution in [3.63, 3.8) is 0 Å². The monoisotopic (exact) mass is 344 g/mol. The molecule has 134 valence electrons. The Bertz CT molecular complexity index is 672. The molecule has 0 saturated carbocycles. The Labute approximate surface area is 157 Å². The Morgan fingerprint density at radius 2 is 1.08 bits per heavy atom. The first-order valence-electron chi connectivity index (χ1n) is 9.32. The van der Waals surface area contributed by atoms with Gasteiger partial charge in [0.15, 0.2) is 0 Å². The highest BCUT2D eigenvalue weighted by Gasteiger charge is 2.39. The summed E-state index contributed by atoms with van der Waals surface area (Å²) in [5.74, 6) is 0. The lowest BCUT2D eigenvalue weighted by molar-refractivity contribution is 0.197. The normalized spacial score (nSPS) is 11.7. The summed E-state index contributed by atoms with van der Waals surface area (Å²) >= 11 is 0. The predicted octanol–water partition coefficient (Wildman–Crippen LogP) is 4.52. The molecule has 0 atom stereocenters. The lowest BCUT2D eigenvalue weighted by atomic mass is 9.75. The molecule has 3 rings (SSSR count). The van der Waals surface area contributed by atoms with Crippen LogP contribution in [0.5, 0.6) is 0 Å². The van der Waals surface area contributed by atoms with Crippen molar-refractivity contribution in [3.8, 4) is 0 Å². The van der Waals surface area contributed by atoms with E-state index in [1.165, 1.54) is 16.7 Å². The minimum Gasteiger partial charge on any atom is -0.320 e. The van der Waals surface area contributed by atoms with E-state index < -0.39 is 0 Å². The molecular formula is C24H28N2. The Morgan fingerprint density at radius 1 is 0.692 bits per heavy atom. The van der Waals surface area contributed by atoms with Gasteiger partial charge in [0.25, 0.3) is 0 Å². The number of benzene rings is 3. The lowest BCUT2D eigenvalue weighted by Crippen LogP contribution is -2.46. The van der Waals surface area contributed by atoms with Crippen LogP contribution in [-0.4, -0.2) is 32.1 Å². The van der Waals surface area contributed by atoms with Crippen LogP contribution in [0.4, 0.5) is 0 Å². The molecule has 0 bridgehead atoms. The van der Waals surface area contributed by atoms with Crippen molar-refractivity contribution < 1.29 is 0 Å². The van der Waals surface area contributed by atoms with E-state index in [1.807, 2.05) is 7.05 Å². The third-order valence-corrected chi connectivity index (χ3v) is 5.07. The highest BCUT2D eigenvalue weighted by atomic mass is 15.2. The minimum absolute atomic E-state index is 0.308. The average Bonchev–Trinajstić information content (AvgIpc) is 2.71. The molecule has 0 aliphatic rings. The van der Waals surface area contributed by atoms with E-state index in [-0.39, 0.29) is 5.54 Å². The molecule has 0 spiro atoms. The van der Waals surface area contributed by atoms with Crippen LogP contribution < -0.4 is 5.32 Å². The number of rotatable bonds is 8. The molecule has 0 aromatic heterocycles. The average molecular weight is 345 g/mol. The fourth-order valence-electron chi connectivity index (χ4n) is 3.86. The summed E-state index contributed by atoms with van der Waals surface area (Å²) in [5, 5.41) is 3.27. The topological polar surface area (TPSA) is 15.3 Å². The van der Waals surface area contributed by atoms with Crippen molar-refractivity contribution in [2.75, 3.05) is 27.2 Å². The van der Waals surface area contributed by atoms with Gasteiger partial charge in [0, 0.05) is 6.54 Å². The first-order chi connectivity index (χ1) is 12.8. The molecule has 0 heterocycles. The van der Waals surface area contributed by atoms with Crippen molar-refractivity contribution >= 4 is 0 Å². The summed E-state index contributed by atoms with van der Waals surface area (Å²) in [4.78, 5) is 2.49. The number of nitrogens with zero attached hydrogens (tertiary/aromatic N) is 1. The molecule has 3 aromatic carbocycles. The molecule has 2 heteroatoms. The first kappa shape index (κ1) is 18.4. The van der Waals surface area contributed by atoms with Gasteiger partial charge in [-0.2, -0.15) is 0 Å². The van der Waals surface area contributed by atoms with Crippen molar-refractivity contribution in [3.05, 3.63) is 108 Å². The van der Waals surface area contributed by atoms with Crippen LogP contribution in [0.25, 0.3) is 0 Å². The molecule has 3 aromatic rings. The van der Waals surface area contributed by atoms with E-state index in [1.54, 1.807) is 0 Å².